The van der Waals surface area contributed by atoms with E-state index in [0.29, 0.717) is 12.3 Å². The lowest BCUT2D eigenvalue weighted by Crippen LogP contribution is -1.97. The fraction of sp³-hybridized carbons (Fsp3) is 0.231. The summed E-state index contributed by atoms with van der Waals surface area (Å²) in [6.45, 7) is 2.24. The van der Waals surface area contributed by atoms with Crippen LogP contribution >= 0.6 is 0 Å². The molecule has 0 aliphatic carbocycles. The van der Waals surface area contributed by atoms with Gasteiger partial charge >= 0.3 is 0 Å². The largest absolute Gasteiger partial charge is 0.483 e. The van der Waals surface area contributed by atoms with Gasteiger partial charge in [-0.2, -0.15) is 0 Å². The maximum Gasteiger partial charge on any atom is 0.167 e. The van der Waals surface area contributed by atoms with Crippen LogP contribution in [0.4, 0.5) is 8.78 Å². The second kappa shape index (κ2) is 5.18. The number of furan rings is 1. The molecule has 0 saturated heterocycles. The monoisotopic (exact) mass is 253 g/mol. The van der Waals surface area contributed by atoms with Gasteiger partial charge in [0.25, 0.3) is 0 Å². The van der Waals surface area contributed by atoms with E-state index < -0.39 is 11.6 Å². The molecule has 2 N–H and O–H groups in total. The lowest BCUT2D eigenvalue weighted by molar-refractivity contribution is 0.255. The van der Waals surface area contributed by atoms with Crippen LogP contribution in [0.2, 0.25) is 0 Å². The van der Waals surface area contributed by atoms with Gasteiger partial charge in [-0.1, -0.05) is 0 Å². The summed E-state index contributed by atoms with van der Waals surface area (Å²) in [5.74, 6) is -0.122. The van der Waals surface area contributed by atoms with Crippen molar-refractivity contribution < 1.29 is 17.9 Å². The number of hydrogen-bond donors (Lipinski definition) is 1. The molecule has 0 aliphatic rings. The third-order valence-corrected chi connectivity index (χ3v) is 2.56. The number of benzene rings is 1. The standard InChI is InChI=1S/C13H13F2NO2/c1-8-9(6-16)4-11(18-8)7-17-13-3-2-10(14)5-12(13)15/h2-5H,6-7,16H2,1H3. The first kappa shape index (κ1) is 12.6. The van der Waals surface area contributed by atoms with E-state index in [4.69, 9.17) is 14.9 Å². The van der Waals surface area contributed by atoms with E-state index in [0.717, 1.165) is 23.5 Å². The summed E-state index contributed by atoms with van der Waals surface area (Å²) in [5.41, 5.74) is 6.39. The maximum absolute atomic E-state index is 13.3. The summed E-state index contributed by atoms with van der Waals surface area (Å²) in [7, 11) is 0. The highest BCUT2D eigenvalue weighted by Crippen LogP contribution is 2.20. The smallest absolute Gasteiger partial charge is 0.167 e. The first-order chi connectivity index (χ1) is 8.60. The van der Waals surface area contributed by atoms with Gasteiger partial charge < -0.3 is 14.9 Å². The number of ether oxygens (including phenoxy) is 1. The zero-order valence-electron chi connectivity index (χ0n) is 9.87. The van der Waals surface area contributed by atoms with Crippen molar-refractivity contribution in [2.24, 2.45) is 5.73 Å². The van der Waals surface area contributed by atoms with Gasteiger partial charge in [0.2, 0.25) is 0 Å². The van der Waals surface area contributed by atoms with Crippen LogP contribution < -0.4 is 10.5 Å². The van der Waals surface area contributed by atoms with E-state index in [1.807, 2.05) is 0 Å². The Morgan fingerprint density at radius 2 is 2.06 bits per heavy atom. The summed E-state index contributed by atoms with van der Waals surface area (Å²) in [4.78, 5) is 0. The van der Waals surface area contributed by atoms with Crippen LogP contribution in [-0.4, -0.2) is 0 Å². The summed E-state index contributed by atoms with van der Waals surface area (Å²) in [6, 6.07) is 4.91. The zero-order chi connectivity index (χ0) is 13.1. The van der Waals surface area contributed by atoms with Gasteiger partial charge in [0.05, 0.1) is 0 Å². The van der Waals surface area contributed by atoms with Gasteiger partial charge in [0.1, 0.15) is 23.9 Å². The molecule has 0 saturated carbocycles. The molecule has 1 aromatic carbocycles. The second-order valence-corrected chi connectivity index (χ2v) is 3.86. The quantitative estimate of drug-likeness (QED) is 0.911. The number of halogens is 2. The minimum Gasteiger partial charge on any atom is -0.483 e. The molecule has 0 amide bonds. The van der Waals surface area contributed by atoms with E-state index in [1.54, 1.807) is 13.0 Å². The van der Waals surface area contributed by atoms with E-state index in [2.05, 4.69) is 0 Å². The lowest BCUT2D eigenvalue weighted by Gasteiger charge is -2.05. The molecule has 2 rings (SSSR count). The van der Waals surface area contributed by atoms with Crippen molar-refractivity contribution in [1.29, 1.82) is 0 Å². The SMILES string of the molecule is Cc1oc(COc2ccc(F)cc2F)cc1CN. The Kier molecular flexibility index (Phi) is 3.62. The third kappa shape index (κ3) is 2.68. The Labute approximate surface area is 103 Å². The minimum absolute atomic E-state index is 0.0141. The maximum atomic E-state index is 13.3. The molecule has 96 valence electrons. The highest BCUT2D eigenvalue weighted by Gasteiger charge is 2.09. The molecule has 0 spiro atoms. The van der Waals surface area contributed by atoms with Crippen LogP contribution in [0.15, 0.2) is 28.7 Å². The average molecular weight is 253 g/mol. The second-order valence-electron chi connectivity index (χ2n) is 3.86. The summed E-state index contributed by atoms with van der Waals surface area (Å²) < 4.78 is 36.6. The van der Waals surface area contributed by atoms with E-state index in [9.17, 15) is 8.78 Å². The van der Waals surface area contributed by atoms with Crippen molar-refractivity contribution in [1.82, 2.24) is 0 Å². The van der Waals surface area contributed by atoms with Crippen LogP contribution in [0.5, 0.6) is 5.75 Å². The molecule has 0 unspecified atom stereocenters. The van der Waals surface area contributed by atoms with Gasteiger partial charge in [-0.25, -0.2) is 8.78 Å². The van der Waals surface area contributed by atoms with Gasteiger partial charge in [0.15, 0.2) is 11.6 Å². The molecule has 0 bridgehead atoms. The molecule has 18 heavy (non-hydrogen) atoms. The lowest BCUT2D eigenvalue weighted by atomic mass is 10.2. The van der Waals surface area contributed by atoms with Crippen molar-refractivity contribution in [3.05, 3.63) is 53.0 Å². The van der Waals surface area contributed by atoms with Crippen molar-refractivity contribution >= 4 is 0 Å². The zero-order valence-corrected chi connectivity index (χ0v) is 9.87. The number of aryl methyl sites for hydroxylation is 1. The van der Waals surface area contributed by atoms with Crippen molar-refractivity contribution in [3.8, 4) is 5.75 Å². The summed E-state index contributed by atoms with van der Waals surface area (Å²) in [5, 5.41) is 0. The Bertz CT molecular complexity index is 552. The highest BCUT2D eigenvalue weighted by molar-refractivity contribution is 5.25. The molecule has 3 nitrogen and oxygen atoms in total. The van der Waals surface area contributed by atoms with Crippen LogP contribution in [0.25, 0.3) is 0 Å². The molecular weight excluding hydrogens is 240 g/mol. The third-order valence-electron chi connectivity index (χ3n) is 2.56. The van der Waals surface area contributed by atoms with Crippen LogP contribution in [0, 0.1) is 18.6 Å². The minimum atomic E-state index is -0.739. The number of nitrogens with two attached hydrogens (primary N) is 1. The highest BCUT2D eigenvalue weighted by atomic mass is 19.1. The Hall–Kier alpha value is -1.88. The number of hydrogen-bond acceptors (Lipinski definition) is 3. The molecule has 0 fully saturated rings. The first-order valence-corrected chi connectivity index (χ1v) is 5.46. The van der Waals surface area contributed by atoms with Crippen molar-refractivity contribution in [2.75, 3.05) is 0 Å². The normalized spacial score (nSPS) is 10.7. The molecule has 0 aliphatic heterocycles. The van der Waals surface area contributed by atoms with Crippen molar-refractivity contribution in [3.63, 3.8) is 0 Å². The topological polar surface area (TPSA) is 48.4 Å². The van der Waals surface area contributed by atoms with Crippen molar-refractivity contribution in [2.45, 2.75) is 20.1 Å². The molecule has 1 heterocycles. The van der Waals surface area contributed by atoms with Crippen LogP contribution in [-0.2, 0) is 13.2 Å². The molecular formula is C13H13F2NO2. The van der Waals surface area contributed by atoms with Gasteiger partial charge in [0, 0.05) is 18.2 Å². The fourth-order valence-electron chi connectivity index (χ4n) is 1.60. The molecule has 0 atom stereocenters. The average Bonchev–Trinajstić information content (AvgIpc) is 2.69. The van der Waals surface area contributed by atoms with Gasteiger partial charge in [-0.15, -0.1) is 0 Å². The molecule has 0 radical (unpaired) electrons. The molecule has 2 aromatic rings. The van der Waals surface area contributed by atoms with Gasteiger partial charge in [-0.05, 0) is 25.1 Å². The molecule has 1 aromatic heterocycles. The number of rotatable bonds is 4. The first-order valence-electron chi connectivity index (χ1n) is 5.46. The fourth-order valence-corrected chi connectivity index (χ4v) is 1.60. The summed E-state index contributed by atoms with van der Waals surface area (Å²) >= 11 is 0. The Balaban J connectivity index is 2.06. The Morgan fingerprint density at radius 3 is 2.67 bits per heavy atom. The van der Waals surface area contributed by atoms with Gasteiger partial charge in [-0.3, -0.25) is 0 Å². The molecule has 5 heteroatoms. The van der Waals surface area contributed by atoms with E-state index in [1.165, 1.54) is 6.07 Å². The predicted molar refractivity (Wildman–Crippen MR) is 62.0 cm³/mol. The van der Waals surface area contributed by atoms with Crippen LogP contribution in [0.1, 0.15) is 17.1 Å². The van der Waals surface area contributed by atoms with Crippen LogP contribution in [0.3, 0.4) is 0 Å². The van der Waals surface area contributed by atoms with E-state index >= 15 is 0 Å². The Morgan fingerprint density at radius 1 is 1.28 bits per heavy atom. The van der Waals surface area contributed by atoms with E-state index in [-0.39, 0.29) is 12.4 Å². The summed E-state index contributed by atoms with van der Waals surface area (Å²) in [6.07, 6.45) is 0. The predicted octanol–water partition coefficient (Wildman–Crippen LogP) is 2.90.